The second-order valence-corrected chi connectivity index (χ2v) is 4.44. The third-order valence-corrected chi connectivity index (χ3v) is 2.87. The van der Waals surface area contributed by atoms with Crippen molar-refractivity contribution in [3.05, 3.63) is 18.1 Å². The van der Waals surface area contributed by atoms with Crippen molar-refractivity contribution in [2.24, 2.45) is 0 Å². The highest BCUT2D eigenvalue weighted by Gasteiger charge is 2.00. The number of furan rings is 1. The summed E-state index contributed by atoms with van der Waals surface area (Å²) in [4.78, 5) is 1.26. The van der Waals surface area contributed by atoms with Crippen LogP contribution in [0.3, 0.4) is 0 Å². The molecular formula is C10H17NOS. The SMILES string of the molecule is Cc1occc1SCCNC(C)C. The van der Waals surface area contributed by atoms with Crippen LogP contribution in [0.15, 0.2) is 21.6 Å². The average Bonchev–Trinajstić information content (AvgIpc) is 2.45. The molecule has 1 N–H and O–H groups in total. The summed E-state index contributed by atoms with van der Waals surface area (Å²) >= 11 is 1.84. The largest absolute Gasteiger partial charge is 0.468 e. The molecule has 2 nitrogen and oxygen atoms in total. The van der Waals surface area contributed by atoms with Crippen LogP contribution in [0.4, 0.5) is 0 Å². The van der Waals surface area contributed by atoms with Crippen molar-refractivity contribution in [1.29, 1.82) is 0 Å². The first-order chi connectivity index (χ1) is 6.20. The summed E-state index contributed by atoms with van der Waals surface area (Å²) in [6.07, 6.45) is 1.74. The highest BCUT2D eigenvalue weighted by Crippen LogP contribution is 2.22. The van der Waals surface area contributed by atoms with Gasteiger partial charge in [0.25, 0.3) is 0 Å². The summed E-state index contributed by atoms with van der Waals surface area (Å²) in [6.45, 7) is 7.37. The third kappa shape index (κ3) is 3.87. The van der Waals surface area contributed by atoms with Gasteiger partial charge in [0.05, 0.1) is 6.26 Å². The summed E-state index contributed by atoms with van der Waals surface area (Å²) < 4.78 is 5.20. The van der Waals surface area contributed by atoms with E-state index in [1.54, 1.807) is 6.26 Å². The van der Waals surface area contributed by atoms with E-state index in [0.29, 0.717) is 6.04 Å². The second-order valence-electron chi connectivity index (χ2n) is 3.30. The van der Waals surface area contributed by atoms with E-state index in [1.807, 2.05) is 24.8 Å². The Morgan fingerprint density at radius 3 is 2.85 bits per heavy atom. The van der Waals surface area contributed by atoms with Gasteiger partial charge in [0, 0.05) is 23.2 Å². The quantitative estimate of drug-likeness (QED) is 0.583. The van der Waals surface area contributed by atoms with Crippen LogP contribution in [0, 0.1) is 6.92 Å². The molecule has 0 aliphatic rings. The summed E-state index contributed by atoms with van der Waals surface area (Å²) in [5.41, 5.74) is 0. The first-order valence-electron chi connectivity index (χ1n) is 4.60. The maximum atomic E-state index is 5.20. The molecule has 0 amide bonds. The van der Waals surface area contributed by atoms with E-state index in [4.69, 9.17) is 4.42 Å². The van der Waals surface area contributed by atoms with E-state index < -0.39 is 0 Å². The van der Waals surface area contributed by atoms with Gasteiger partial charge in [0.1, 0.15) is 5.76 Å². The molecule has 0 aromatic carbocycles. The monoisotopic (exact) mass is 199 g/mol. The van der Waals surface area contributed by atoms with Gasteiger partial charge in [0.15, 0.2) is 0 Å². The van der Waals surface area contributed by atoms with Gasteiger partial charge in [-0.3, -0.25) is 0 Å². The molecule has 0 saturated heterocycles. The zero-order chi connectivity index (χ0) is 9.68. The number of nitrogens with one attached hydrogen (secondary N) is 1. The Morgan fingerprint density at radius 1 is 1.54 bits per heavy atom. The molecule has 1 aromatic rings. The van der Waals surface area contributed by atoms with Gasteiger partial charge in [-0.25, -0.2) is 0 Å². The van der Waals surface area contributed by atoms with Crippen LogP contribution in [-0.4, -0.2) is 18.3 Å². The van der Waals surface area contributed by atoms with Crippen LogP contribution in [0.2, 0.25) is 0 Å². The molecule has 74 valence electrons. The zero-order valence-electron chi connectivity index (χ0n) is 8.46. The van der Waals surface area contributed by atoms with Crippen molar-refractivity contribution < 1.29 is 4.42 Å². The Morgan fingerprint density at radius 2 is 2.31 bits per heavy atom. The maximum absolute atomic E-state index is 5.20. The molecule has 0 aliphatic carbocycles. The summed E-state index contributed by atoms with van der Waals surface area (Å²) in [5, 5.41) is 3.38. The predicted octanol–water partition coefficient (Wildman–Crippen LogP) is 2.68. The Bertz CT molecular complexity index is 245. The molecule has 1 heterocycles. The lowest BCUT2D eigenvalue weighted by molar-refractivity contribution is 0.527. The fraction of sp³-hybridized carbons (Fsp3) is 0.600. The van der Waals surface area contributed by atoms with Crippen molar-refractivity contribution in [3.8, 4) is 0 Å². The molecule has 0 unspecified atom stereocenters. The molecule has 0 saturated carbocycles. The molecule has 3 heteroatoms. The number of thioether (sulfide) groups is 1. The van der Waals surface area contributed by atoms with Crippen molar-refractivity contribution in [2.45, 2.75) is 31.7 Å². The number of hydrogen-bond donors (Lipinski definition) is 1. The lowest BCUT2D eigenvalue weighted by atomic mass is 10.4. The average molecular weight is 199 g/mol. The molecule has 0 fully saturated rings. The minimum absolute atomic E-state index is 0.575. The van der Waals surface area contributed by atoms with E-state index in [1.165, 1.54) is 4.90 Å². The van der Waals surface area contributed by atoms with Crippen LogP contribution in [0.1, 0.15) is 19.6 Å². The first-order valence-corrected chi connectivity index (χ1v) is 5.59. The molecular weight excluding hydrogens is 182 g/mol. The van der Waals surface area contributed by atoms with Gasteiger partial charge >= 0.3 is 0 Å². The molecule has 0 aliphatic heterocycles. The third-order valence-electron chi connectivity index (χ3n) is 1.72. The molecule has 0 radical (unpaired) electrons. The minimum atomic E-state index is 0.575. The molecule has 0 atom stereocenters. The lowest BCUT2D eigenvalue weighted by Gasteiger charge is -2.06. The van der Waals surface area contributed by atoms with Crippen molar-refractivity contribution >= 4 is 11.8 Å². The van der Waals surface area contributed by atoms with Crippen LogP contribution in [-0.2, 0) is 0 Å². The lowest BCUT2D eigenvalue weighted by Crippen LogP contribution is -2.24. The van der Waals surface area contributed by atoms with E-state index in [-0.39, 0.29) is 0 Å². The standard InChI is InChI=1S/C10H17NOS/c1-8(2)11-5-7-13-10-4-6-12-9(10)3/h4,6,8,11H,5,7H2,1-3H3. The van der Waals surface area contributed by atoms with Crippen LogP contribution >= 0.6 is 11.8 Å². The van der Waals surface area contributed by atoms with E-state index >= 15 is 0 Å². The van der Waals surface area contributed by atoms with E-state index in [9.17, 15) is 0 Å². The highest BCUT2D eigenvalue weighted by molar-refractivity contribution is 7.99. The van der Waals surface area contributed by atoms with Crippen molar-refractivity contribution in [1.82, 2.24) is 5.32 Å². The molecule has 0 spiro atoms. The molecule has 1 aromatic heterocycles. The fourth-order valence-electron chi connectivity index (χ4n) is 1.03. The Kier molecular flexibility index (Phi) is 4.39. The Balaban J connectivity index is 2.17. The van der Waals surface area contributed by atoms with Crippen LogP contribution in [0.25, 0.3) is 0 Å². The molecule has 0 bridgehead atoms. The number of hydrogen-bond acceptors (Lipinski definition) is 3. The maximum Gasteiger partial charge on any atom is 0.114 e. The molecule has 1 rings (SSSR count). The minimum Gasteiger partial charge on any atom is -0.468 e. The van der Waals surface area contributed by atoms with Crippen LogP contribution < -0.4 is 5.32 Å². The second kappa shape index (κ2) is 5.35. The fourth-order valence-corrected chi connectivity index (χ4v) is 1.87. The van der Waals surface area contributed by atoms with Gasteiger partial charge in [-0.15, -0.1) is 11.8 Å². The topological polar surface area (TPSA) is 25.2 Å². The van der Waals surface area contributed by atoms with Crippen molar-refractivity contribution in [3.63, 3.8) is 0 Å². The highest BCUT2D eigenvalue weighted by atomic mass is 32.2. The van der Waals surface area contributed by atoms with E-state index in [2.05, 4.69) is 19.2 Å². The van der Waals surface area contributed by atoms with Gasteiger partial charge in [-0.05, 0) is 13.0 Å². The molecule has 13 heavy (non-hydrogen) atoms. The predicted molar refractivity (Wildman–Crippen MR) is 57.3 cm³/mol. The van der Waals surface area contributed by atoms with Gasteiger partial charge in [-0.2, -0.15) is 0 Å². The Labute approximate surface area is 84.1 Å². The zero-order valence-corrected chi connectivity index (χ0v) is 9.28. The summed E-state index contributed by atoms with van der Waals surface area (Å²) in [5.74, 6) is 2.12. The summed E-state index contributed by atoms with van der Waals surface area (Å²) in [7, 11) is 0. The number of rotatable bonds is 5. The Hall–Kier alpha value is -0.410. The van der Waals surface area contributed by atoms with E-state index in [0.717, 1.165) is 18.1 Å². The smallest absolute Gasteiger partial charge is 0.114 e. The van der Waals surface area contributed by atoms with Crippen LogP contribution in [0.5, 0.6) is 0 Å². The van der Waals surface area contributed by atoms with Gasteiger partial charge in [0.2, 0.25) is 0 Å². The van der Waals surface area contributed by atoms with Crippen molar-refractivity contribution in [2.75, 3.05) is 12.3 Å². The summed E-state index contributed by atoms with van der Waals surface area (Å²) in [6, 6.07) is 2.60. The number of aryl methyl sites for hydroxylation is 1. The van der Waals surface area contributed by atoms with Gasteiger partial charge in [-0.1, -0.05) is 13.8 Å². The van der Waals surface area contributed by atoms with Gasteiger partial charge < -0.3 is 9.73 Å². The normalized spacial score (nSPS) is 11.1. The first kappa shape index (κ1) is 10.7.